The first kappa shape index (κ1) is 9.69. The van der Waals surface area contributed by atoms with Gasteiger partial charge >= 0.3 is 0 Å². The smallest absolute Gasteiger partial charge is 0.0725 e. The van der Waals surface area contributed by atoms with E-state index < -0.39 is 0 Å². The zero-order valence-electron chi connectivity index (χ0n) is 8.84. The molecule has 0 aliphatic carbocycles. The topological polar surface area (TPSA) is 21.3 Å². The lowest BCUT2D eigenvalue weighted by molar-refractivity contribution is 0.134. The summed E-state index contributed by atoms with van der Waals surface area (Å²) in [6.45, 7) is 3.78. The second-order valence-electron chi connectivity index (χ2n) is 3.99. The molecule has 1 atom stereocenters. The average molecular weight is 191 g/mol. The molecule has 0 saturated heterocycles. The minimum Gasteiger partial charge on any atom is -0.372 e. The Morgan fingerprint density at radius 2 is 2.14 bits per heavy atom. The van der Waals surface area contributed by atoms with Crippen LogP contribution in [0.25, 0.3) is 0 Å². The van der Waals surface area contributed by atoms with E-state index in [4.69, 9.17) is 4.74 Å². The maximum Gasteiger partial charge on any atom is 0.0725 e. The van der Waals surface area contributed by atoms with Crippen molar-refractivity contribution in [2.75, 3.05) is 7.05 Å². The van der Waals surface area contributed by atoms with Gasteiger partial charge in [-0.15, -0.1) is 0 Å². The van der Waals surface area contributed by atoms with Gasteiger partial charge in [0.05, 0.1) is 13.2 Å². The van der Waals surface area contributed by atoms with Crippen molar-refractivity contribution in [3.05, 3.63) is 34.9 Å². The van der Waals surface area contributed by atoms with Crippen molar-refractivity contribution in [1.82, 2.24) is 5.32 Å². The fraction of sp³-hybridized carbons (Fsp3) is 0.500. The van der Waals surface area contributed by atoms with Crippen molar-refractivity contribution in [1.29, 1.82) is 0 Å². The number of benzene rings is 1. The molecule has 0 amide bonds. The lowest BCUT2D eigenvalue weighted by Crippen LogP contribution is -2.23. The molecule has 2 nitrogen and oxygen atoms in total. The van der Waals surface area contributed by atoms with E-state index in [0.29, 0.717) is 6.04 Å². The third-order valence-corrected chi connectivity index (χ3v) is 2.82. The highest BCUT2D eigenvalue weighted by Gasteiger charge is 2.11. The fourth-order valence-corrected chi connectivity index (χ4v) is 1.81. The molecule has 0 bridgehead atoms. The number of fused-ring (bicyclic) bond motifs is 1. The molecule has 1 aliphatic heterocycles. The van der Waals surface area contributed by atoms with Crippen LogP contribution in [0.15, 0.2) is 18.2 Å². The first-order valence-corrected chi connectivity index (χ1v) is 5.15. The largest absolute Gasteiger partial charge is 0.372 e. The van der Waals surface area contributed by atoms with E-state index in [9.17, 15) is 0 Å². The molecule has 1 N–H and O–H groups in total. The van der Waals surface area contributed by atoms with Gasteiger partial charge < -0.3 is 10.1 Å². The molecule has 1 unspecified atom stereocenters. The standard InChI is InChI=1S/C12H17NO/c1-9(13-2)5-10-3-4-11-7-14-8-12(11)6-10/h3-4,6,9,13H,5,7-8H2,1-2H3. The van der Waals surface area contributed by atoms with Crippen LogP contribution in [0, 0.1) is 0 Å². The summed E-state index contributed by atoms with van der Waals surface area (Å²) in [7, 11) is 2.00. The van der Waals surface area contributed by atoms with Crippen LogP contribution in [0.4, 0.5) is 0 Å². The highest BCUT2D eigenvalue weighted by atomic mass is 16.5. The molecule has 14 heavy (non-hydrogen) atoms. The lowest BCUT2D eigenvalue weighted by Gasteiger charge is -2.10. The molecule has 1 aromatic rings. The third kappa shape index (κ3) is 1.97. The molecule has 76 valence electrons. The molecule has 0 fully saturated rings. The van der Waals surface area contributed by atoms with E-state index in [1.54, 1.807) is 0 Å². The SMILES string of the molecule is CNC(C)Cc1ccc2c(c1)COC2. The number of nitrogens with one attached hydrogen (secondary N) is 1. The Morgan fingerprint density at radius 1 is 1.36 bits per heavy atom. The zero-order valence-corrected chi connectivity index (χ0v) is 8.84. The van der Waals surface area contributed by atoms with Crippen LogP contribution in [-0.4, -0.2) is 13.1 Å². The Bertz CT molecular complexity index is 322. The predicted molar refractivity (Wildman–Crippen MR) is 57.2 cm³/mol. The molecule has 2 rings (SSSR count). The van der Waals surface area contributed by atoms with Crippen LogP contribution in [0.2, 0.25) is 0 Å². The third-order valence-electron chi connectivity index (χ3n) is 2.82. The summed E-state index contributed by atoms with van der Waals surface area (Å²) in [6.07, 6.45) is 1.09. The maximum atomic E-state index is 5.39. The van der Waals surface area contributed by atoms with Gasteiger partial charge in [0, 0.05) is 6.04 Å². The molecular formula is C12H17NO. The van der Waals surface area contributed by atoms with E-state index in [-0.39, 0.29) is 0 Å². The van der Waals surface area contributed by atoms with Crippen molar-refractivity contribution in [3.63, 3.8) is 0 Å². The van der Waals surface area contributed by atoms with Gasteiger partial charge in [-0.3, -0.25) is 0 Å². The van der Waals surface area contributed by atoms with Crippen LogP contribution in [0.1, 0.15) is 23.6 Å². The van der Waals surface area contributed by atoms with E-state index in [2.05, 4.69) is 30.4 Å². The minimum absolute atomic E-state index is 0.537. The average Bonchev–Trinajstić information content (AvgIpc) is 2.64. The van der Waals surface area contributed by atoms with Gasteiger partial charge in [0.25, 0.3) is 0 Å². The van der Waals surface area contributed by atoms with Gasteiger partial charge in [0.1, 0.15) is 0 Å². The highest BCUT2D eigenvalue weighted by molar-refractivity contribution is 5.33. The highest BCUT2D eigenvalue weighted by Crippen LogP contribution is 2.21. The summed E-state index contributed by atoms with van der Waals surface area (Å²) >= 11 is 0. The van der Waals surface area contributed by atoms with Crippen molar-refractivity contribution in [2.45, 2.75) is 32.6 Å². The first-order valence-electron chi connectivity index (χ1n) is 5.15. The molecule has 1 heterocycles. The summed E-state index contributed by atoms with van der Waals surface area (Å²) < 4.78 is 5.39. The Morgan fingerprint density at radius 3 is 2.93 bits per heavy atom. The maximum absolute atomic E-state index is 5.39. The van der Waals surface area contributed by atoms with Crippen LogP contribution >= 0.6 is 0 Å². The Labute approximate surface area is 85.3 Å². The molecule has 2 heteroatoms. The first-order chi connectivity index (χ1) is 6.79. The second kappa shape index (κ2) is 4.11. The van der Waals surface area contributed by atoms with Crippen LogP contribution < -0.4 is 5.32 Å². The van der Waals surface area contributed by atoms with E-state index in [1.807, 2.05) is 7.05 Å². The molecule has 1 aliphatic rings. The quantitative estimate of drug-likeness (QED) is 0.787. The Kier molecular flexibility index (Phi) is 2.85. The predicted octanol–water partition coefficient (Wildman–Crippen LogP) is 1.87. The number of hydrogen-bond donors (Lipinski definition) is 1. The molecular weight excluding hydrogens is 174 g/mol. The van der Waals surface area contributed by atoms with Gasteiger partial charge in [0.2, 0.25) is 0 Å². The Hall–Kier alpha value is -0.860. The second-order valence-corrected chi connectivity index (χ2v) is 3.99. The molecule has 0 radical (unpaired) electrons. The van der Waals surface area contributed by atoms with Gasteiger partial charge in [-0.1, -0.05) is 18.2 Å². The van der Waals surface area contributed by atoms with Crippen molar-refractivity contribution >= 4 is 0 Å². The van der Waals surface area contributed by atoms with Crippen LogP contribution in [0.3, 0.4) is 0 Å². The number of ether oxygens (including phenoxy) is 1. The summed E-state index contributed by atoms with van der Waals surface area (Å²) in [4.78, 5) is 0. The number of likely N-dealkylation sites (N-methyl/N-ethyl adjacent to an activating group) is 1. The van der Waals surface area contributed by atoms with Crippen LogP contribution in [-0.2, 0) is 24.4 Å². The molecule has 0 aromatic heterocycles. The lowest BCUT2D eigenvalue weighted by atomic mass is 10.0. The monoisotopic (exact) mass is 191 g/mol. The van der Waals surface area contributed by atoms with E-state index >= 15 is 0 Å². The molecule has 0 saturated carbocycles. The minimum atomic E-state index is 0.537. The van der Waals surface area contributed by atoms with Gasteiger partial charge in [-0.05, 0) is 37.1 Å². The summed E-state index contributed by atoms with van der Waals surface area (Å²) in [6, 6.07) is 7.22. The molecule has 1 aromatic carbocycles. The summed E-state index contributed by atoms with van der Waals surface area (Å²) in [5, 5.41) is 3.25. The number of rotatable bonds is 3. The molecule has 0 spiro atoms. The number of hydrogen-bond acceptors (Lipinski definition) is 2. The van der Waals surface area contributed by atoms with Crippen LogP contribution in [0.5, 0.6) is 0 Å². The Balaban J connectivity index is 2.12. The normalized spacial score (nSPS) is 16.7. The van der Waals surface area contributed by atoms with Gasteiger partial charge in [-0.2, -0.15) is 0 Å². The summed E-state index contributed by atoms with van der Waals surface area (Å²) in [5.41, 5.74) is 4.12. The summed E-state index contributed by atoms with van der Waals surface area (Å²) in [5.74, 6) is 0. The van der Waals surface area contributed by atoms with Crippen molar-refractivity contribution < 1.29 is 4.74 Å². The van der Waals surface area contributed by atoms with Gasteiger partial charge in [-0.25, -0.2) is 0 Å². The zero-order chi connectivity index (χ0) is 9.97. The van der Waals surface area contributed by atoms with E-state index in [0.717, 1.165) is 19.6 Å². The van der Waals surface area contributed by atoms with Crippen molar-refractivity contribution in [3.8, 4) is 0 Å². The fourth-order valence-electron chi connectivity index (χ4n) is 1.81. The van der Waals surface area contributed by atoms with Crippen molar-refractivity contribution in [2.24, 2.45) is 0 Å². The van der Waals surface area contributed by atoms with Gasteiger partial charge in [0.15, 0.2) is 0 Å². The van der Waals surface area contributed by atoms with E-state index in [1.165, 1.54) is 16.7 Å².